The number of nitrogens with two attached hydrogens (primary N) is 2. The van der Waals surface area contributed by atoms with E-state index in [1.165, 1.54) is 10.9 Å². The first-order chi connectivity index (χ1) is 21.0. The van der Waals surface area contributed by atoms with Crippen LogP contribution in [0.3, 0.4) is 0 Å². The van der Waals surface area contributed by atoms with Gasteiger partial charge >= 0.3 is 15.0 Å². The highest BCUT2D eigenvalue weighted by Gasteiger charge is 2.55. The molecule has 4 unspecified atom stereocenters. The minimum Gasteiger partial charge on any atom is -0.382 e. The Labute approximate surface area is 249 Å². The topological polar surface area (TPSA) is 252 Å². The van der Waals surface area contributed by atoms with E-state index >= 15 is 8.78 Å². The molecule has 3 fully saturated rings. The van der Waals surface area contributed by atoms with Crippen molar-refractivity contribution in [3.63, 3.8) is 0 Å². The minimum absolute atomic E-state index is 0.0549. The van der Waals surface area contributed by atoms with E-state index in [1.807, 2.05) is 0 Å². The summed E-state index contributed by atoms with van der Waals surface area (Å²) in [7, 11) is -3.04. The van der Waals surface area contributed by atoms with Gasteiger partial charge in [0.1, 0.15) is 36.8 Å². The number of ether oxygens (including phenoxy) is 2. The summed E-state index contributed by atoms with van der Waals surface area (Å²) in [5.74, 6) is -0.198. The molecule has 44 heavy (non-hydrogen) atoms. The molecule has 7 rings (SSSR count). The summed E-state index contributed by atoms with van der Waals surface area (Å²) in [6.45, 7) is -5.49. The first-order valence-corrected chi connectivity index (χ1v) is 16.4. The third-order valence-corrected chi connectivity index (χ3v) is 9.46. The predicted octanol–water partition coefficient (Wildman–Crippen LogP) is 0.286. The van der Waals surface area contributed by atoms with Gasteiger partial charge in [0.05, 0.1) is 19.3 Å². The van der Waals surface area contributed by atoms with E-state index in [2.05, 4.69) is 29.9 Å². The number of hydrogen-bond donors (Lipinski definition) is 4. The molecule has 7 heterocycles. The van der Waals surface area contributed by atoms with Gasteiger partial charge in [-0.05, 0) is 11.8 Å². The van der Waals surface area contributed by atoms with E-state index in [1.54, 1.807) is 0 Å². The maximum absolute atomic E-state index is 15.9. The minimum atomic E-state index is -4.27. The van der Waals surface area contributed by atoms with Crippen molar-refractivity contribution in [3.8, 4) is 0 Å². The highest BCUT2D eigenvalue weighted by atomic mass is 32.5. The molecule has 0 aliphatic carbocycles. The summed E-state index contributed by atoms with van der Waals surface area (Å²) in [4.78, 5) is 45.3. The summed E-state index contributed by atoms with van der Waals surface area (Å²) < 4.78 is 80.1. The number of aromatic amines is 1. The zero-order valence-corrected chi connectivity index (χ0v) is 24.4. The molecule has 24 heteroatoms. The molecule has 0 aromatic carbocycles. The molecule has 0 radical (unpaired) electrons. The number of H-pyrrole nitrogens is 1. The summed E-state index contributed by atoms with van der Waals surface area (Å²) in [6.07, 6.45) is -9.30. The van der Waals surface area contributed by atoms with Crippen LogP contribution in [-0.4, -0.2) is 93.9 Å². The molecule has 234 valence electrons. The molecule has 0 saturated carbocycles. The van der Waals surface area contributed by atoms with Crippen LogP contribution in [0.15, 0.2) is 23.8 Å². The number of imidazole rings is 2. The lowest BCUT2D eigenvalue weighted by Crippen LogP contribution is -2.36. The molecule has 4 aromatic rings. The van der Waals surface area contributed by atoms with Crippen LogP contribution in [0.1, 0.15) is 12.5 Å². The molecule has 4 aromatic heterocycles. The molecule has 0 bridgehead atoms. The third-order valence-electron chi connectivity index (χ3n) is 7.13. The number of fused-ring (bicyclic) bond motifs is 4. The molecule has 6 N–H and O–H groups in total. The van der Waals surface area contributed by atoms with Crippen LogP contribution < -0.4 is 17.0 Å². The van der Waals surface area contributed by atoms with Gasteiger partial charge in [0.25, 0.3) is 5.56 Å². The second-order valence-electron chi connectivity index (χ2n) is 9.80. The van der Waals surface area contributed by atoms with Crippen LogP contribution >= 0.6 is 15.0 Å². The Kier molecular flexibility index (Phi) is 7.40. The Morgan fingerprint density at radius 1 is 1.00 bits per heavy atom. The van der Waals surface area contributed by atoms with Gasteiger partial charge in [-0.1, -0.05) is 0 Å². The number of hydrogen-bond acceptors (Lipinski definition) is 16. The quantitative estimate of drug-likeness (QED) is 0.208. The number of alkyl halides is 2. The Morgan fingerprint density at radius 3 is 2.41 bits per heavy atom. The lowest BCUT2D eigenvalue weighted by molar-refractivity contribution is -0.0558. The van der Waals surface area contributed by atoms with Crippen LogP contribution in [0.2, 0.25) is 0 Å². The van der Waals surface area contributed by atoms with Crippen molar-refractivity contribution in [1.29, 1.82) is 0 Å². The maximum Gasteiger partial charge on any atom is 0.697 e. The number of rotatable bonds is 2. The van der Waals surface area contributed by atoms with Crippen molar-refractivity contribution in [2.24, 2.45) is 0 Å². The van der Waals surface area contributed by atoms with Gasteiger partial charge in [0.2, 0.25) is 5.95 Å². The van der Waals surface area contributed by atoms with Crippen molar-refractivity contribution in [2.45, 2.75) is 49.2 Å². The van der Waals surface area contributed by atoms with Crippen molar-refractivity contribution < 1.29 is 45.8 Å². The lowest BCUT2D eigenvalue weighted by atomic mass is 10.1. The molecular formula is C20H21F2N10O9P2S+. The number of anilines is 2. The average Bonchev–Trinajstić information content (AvgIpc) is 3.72. The van der Waals surface area contributed by atoms with Crippen LogP contribution in [0.4, 0.5) is 20.5 Å². The van der Waals surface area contributed by atoms with E-state index in [9.17, 15) is 14.3 Å². The zero-order valence-electron chi connectivity index (χ0n) is 21.8. The molecule has 3 saturated heterocycles. The van der Waals surface area contributed by atoms with E-state index in [4.69, 9.17) is 50.8 Å². The van der Waals surface area contributed by atoms with E-state index < -0.39 is 83.0 Å². The third kappa shape index (κ3) is 5.06. The largest absolute Gasteiger partial charge is 0.697 e. The van der Waals surface area contributed by atoms with Gasteiger partial charge < -0.3 is 30.4 Å². The Morgan fingerprint density at radius 2 is 1.66 bits per heavy atom. The fraction of sp³-hybridized carbons (Fsp3) is 0.500. The molecule has 10 atom stereocenters. The molecule has 3 aliphatic rings. The SMILES string of the molecule is Nc1nc2c(ncn2[C@@H]2OC3CO[P+](=O)O[C@@H]4C(COP(O)(=S)O[C@H]3[C@H]2F)O[C@@H](n2cnc3c(N)ncnc32)[C@@H]4F)c(=O)[nH]1. The summed E-state index contributed by atoms with van der Waals surface area (Å²) in [5.41, 5.74) is 10.9. The first kappa shape index (κ1) is 29.5. The zero-order chi connectivity index (χ0) is 30.9. The molecule has 3 aliphatic heterocycles. The van der Waals surface area contributed by atoms with Gasteiger partial charge in [-0.15, -0.1) is 9.05 Å². The summed E-state index contributed by atoms with van der Waals surface area (Å²) >= 11 is 5.12. The van der Waals surface area contributed by atoms with Crippen molar-refractivity contribution >= 4 is 60.9 Å². The van der Waals surface area contributed by atoms with Crippen LogP contribution in [0, 0.1) is 0 Å². The van der Waals surface area contributed by atoms with Crippen molar-refractivity contribution in [2.75, 3.05) is 24.7 Å². The van der Waals surface area contributed by atoms with E-state index in [0.717, 1.165) is 17.2 Å². The number of halogens is 2. The number of nitrogens with one attached hydrogen (secondary N) is 1. The van der Waals surface area contributed by atoms with Gasteiger partial charge in [0.15, 0.2) is 53.5 Å². The number of nitrogens with zero attached hydrogens (tertiary/aromatic N) is 7. The van der Waals surface area contributed by atoms with Crippen molar-refractivity contribution in [3.05, 3.63) is 29.3 Å². The Balaban J connectivity index is 1.15. The van der Waals surface area contributed by atoms with Gasteiger partial charge in [-0.3, -0.25) is 23.4 Å². The van der Waals surface area contributed by atoms with Crippen LogP contribution in [0.5, 0.6) is 0 Å². The fourth-order valence-electron chi connectivity index (χ4n) is 5.16. The maximum atomic E-state index is 15.9. The normalized spacial score (nSPS) is 35.8. The van der Waals surface area contributed by atoms with E-state index in [0.29, 0.717) is 0 Å². The van der Waals surface area contributed by atoms with E-state index in [-0.39, 0.29) is 34.1 Å². The first-order valence-electron chi connectivity index (χ1n) is 12.7. The summed E-state index contributed by atoms with van der Waals surface area (Å²) in [6, 6.07) is 0. The van der Waals surface area contributed by atoms with Crippen LogP contribution in [-0.2, 0) is 43.9 Å². The molecule has 0 amide bonds. The predicted molar refractivity (Wildman–Crippen MR) is 146 cm³/mol. The highest BCUT2D eigenvalue weighted by Crippen LogP contribution is 2.52. The Bertz CT molecular complexity index is 1880. The van der Waals surface area contributed by atoms with Gasteiger partial charge in [-0.25, -0.2) is 28.7 Å². The van der Waals surface area contributed by atoms with Gasteiger partial charge in [0, 0.05) is 4.57 Å². The lowest BCUT2D eigenvalue weighted by Gasteiger charge is -2.25. The fourth-order valence-corrected chi connectivity index (χ4v) is 7.37. The smallest absolute Gasteiger partial charge is 0.382 e. The standard InChI is InChI=1S/C20H20F2N10O9P2S/c21-8-12-7(39-18(8)31-4-27-10-14(23)25-3-26-15(10)31)2-37-43(35,44)41-13-6(1-36-42(34)40-12)38-19(9(13)22)32-5-28-11-16(32)29-20(24)30-17(11)33/h3-9,12-13,18-19H,1-2H2,(H5-,23,24,25,26,29,30,33,35,44)/p+1/t6?,7?,8-,9-,12-,13-,18-,19-,43?/m1/s1. The molecule has 19 nitrogen and oxygen atoms in total. The second kappa shape index (κ2) is 11.0. The molecular weight excluding hydrogens is 656 g/mol. The molecule has 0 spiro atoms. The Hall–Kier alpha value is -3.17. The van der Waals surface area contributed by atoms with Crippen LogP contribution in [0.25, 0.3) is 22.3 Å². The monoisotopic (exact) mass is 677 g/mol. The summed E-state index contributed by atoms with van der Waals surface area (Å²) in [5, 5.41) is 0. The highest BCUT2D eigenvalue weighted by molar-refractivity contribution is 8.07. The van der Waals surface area contributed by atoms with Gasteiger partial charge in [-0.2, -0.15) is 4.98 Å². The number of nitrogen functional groups attached to an aromatic ring is 2. The second-order valence-corrected chi connectivity index (χ2v) is 13.5. The number of aromatic nitrogens is 8. The average molecular weight is 677 g/mol. The van der Waals surface area contributed by atoms with Crippen molar-refractivity contribution in [1.82, 2.24) is 39.0 Å².